The topological polar surface area (TPSA) is 64.7 Å². The van der Waals surface area contributed by atoms with Gasteiger partial charge < -0.3 is 0 Å². The smallest absolute Gasteiger partial charge is 0.222 e. The SMILES string of the molecule is N#Cc1cccc2ccccc12.N=C=O. The molecule has 0 aliphatic carbocycles. The molecule has 0 bridgehead atoms. The molecule has 2 aromatic rings. The van der Waals surface area contributed by atoms with E-state index < -0.39 is 0 Å². The van der Waals surface area contributed by atoms with Crippen molar-refractivity contribution in [3.8, 4) is 6.07 Å². The Labute approximate surface area is 87.1 Å². The lowest BCUT2D eigenvalue weighted by molar-refractivity contribution is 0.563. The standard InChI is InChI=1S/C11H7N.CHNO/c12-8-10-6-3-5-9-4-1-2-7-11(9)10;2-1-3/h1-7H;2H. The molecule has 72 valence electrons. The van der Waals surface area contributed by atoms with Gasteiger partial charge in [0, 0.05) is 0 Å². The van der Waals surface area contributed by atoms with Gasteiger partial charge in [-0.25, -0.2) is 10.2 Å². The van der Waals surface area contributed by atoms with Crippen molar-refractivity contribution in [2.45, 2.75) is 0 Å². The molecule has 0 radical (unpaired) electrons. The summed E-state index contributed by atoms with van der Waals surface area (Å²) in [4.78, 5) is 8.35. The fourth-order valence-electron chi connectivity index (χ4n) is 1.32. The van der Waals surface area contributed by atoms with Gasteiger partial charge in [0.05, 0.1) is 11.6 Å². The quantitative estimate of drug-likeness (QED) is 0.520. The molecule has 0 atom stereocenters. The number of hydrogen-bond acceptors (Lipinski definition) is 3. The molecule has 0 aromatic heterocycles. The summed E-state index contributed by atoms with van der Waals surface area (Å²) in [5, 5.41) is 16.3. The highest BCUT2D eigenvalue weighted by Gasteiger charge is 1.96. The maximum absolute atomic E-state index is 8.79. The first-order valence-corrected chi connectivity index (χ1v) is 4.25. The molecule has 0 unspecified atom stereocenters. The molecule has 0 spiro atoms. The third kappa shape index (κ3) is 2.50. The zero-order valence-electron chi connectivity index (χ0n) is 7.90. The second kappa shape index (κ2) is 5.33. The molecule has 0 amide bonds. The predicted molar refractivity (Wildman–Crippen MR) is 57.1 cm³/mol. The van der Waals surface area contributed by atoms with Gasteiger partial charge in [-0.05, 0) is 16.8 Å². The van der Waals surface area contributed by atoms with Crippen molar-refractivity contribution in [3.05, 3.63) is 48.0 Å². The average Bonchev–Trinajstić information content (AvgIpc) is 2.29. The predicted octanol–water partition coefficient (Wildman–Crippen LogP) is 2.61. The van der Waals surface area contributed by atoms with Crippen LogP contribution in [0.2, 0.25) is 0 Å². The first kappa shape index (κ1) is 10.6. The number of nitrogens with one attached hydrogen (secondary N) is 1. The highest BCUT2D eigenvalue weighted by molar-refractivity contribution is 5.87. The Bertz CT molecular complexity index is 529. The maximum atomic E-state index is 8.79. The number of fused-ring (bicyclic) bond motifs is 1. The second-order valence-corrected chi connectivity index (χ2v) is 2.74. The molecule has 0 aliphatic heterocycles. The van der Waals surface area contributed by atoms with Gasteiger partial charge in [-0.3, -0.25) is 0 Å². The van der Waals surface area contributed by atoms with E-state index in [1.165, 1.54) is 0 Å². The molecular weight excluding hydrogens is 188 g/mol. The number of carbonyl (C=O) groups excluding carboxylic acids is 1. The van der Waals surface area contributed by atoms with E-state index in [4.69, 9.17) is 15.5 Å². The molecule has 2 aromatic carbocycles. The fourth-order valence-corrected chi connectivity index (χ4v) is 1.32. The molecule has 15 heavy (non-hydrogen) atoms. The number of benzene rings is 2. The van der Waals surface area contributed by atoms with Crippen molar-refractivity contribution in [3.63, 3.8) is 0 Å². The van der Waals surface area contributed by atoms with Crippen LogP contribution in [-0.4, -0.2) is 6.08 Å². The Hall–Kier alpha value is -2.43. The largest absolute Gasteiger partial charge is 0.231 e. The lowest BCUT2D eigenvalue weighted by Crippen LogP contribution is -1.77. The van der Waals surface area contributed by atoms with Crippen LogP contribution in [0.5, 0.6) is 0 Å². The molecular formula is C12H8N2O. The molecule has 0 saturated carbocycles. The molecule has 0 fully saturated rings. The van der Waals surface area contributed by atoms with Crippen molar-refractivity contribution in [2.75, 3.05) is 0 Å². The Balaban J connectivity index is 0.000000337. The lowest BCUT2D eigenvalue weighted by atomic mass is 10.1. The third-order valence-corrected chi connectivity index (χ3v) is 1.91. The van der Waals surface area contributed by atoms with Gasteiger partial charge in [0.15, 0.2) is 0 Å². The highest BCUT2D eigenvalue weighted by atomic mass is 16.1. The Morgan fingerprint density at radius 3 is 2.33 bits per heavy atom. The summed E-state index contributed by atoms with van der Waals surface area (Å²) < 4.78 is 0. The van der Waals surface area contributed by atoms with Crippen LogP contribution in [0.4, 0.5) is 0 Å². The molecule has 0 aliphatic rings. The number of nitrogens with zero attached hydrogens (tertiary/aromatic N) is 1. The zero-order chi connectivity index (χ0) is 11.1. The summed E-state index contributed by atoms with van der Waals surface area (Å²) >= 11 is 0. The average molecular weight is 196 g/mol. The van der Waals surface area contributed by atoms with Crippen molar-refractivity contribution in [1.82, 2.24) is 0 Å². The summed E-state index contributed by atoms with van der Waals surface area (Å²) in [6.07, 6.45) is 0.750. The maximum Gasteiger partial charge on any atom is 0.231 e. The molecule has 0 heterocycles. The van der Waals surface area contributed by atoms with Crippen molar-refractivity contribution >= 4 is 16.9 Å². The number of nitriles is 1. The van der Waals surface area contributed by atoms with E-state index in [0.717, 1.165) is 22.4 Å². The molecule has 0 saturated heterocycles. The minimum Gasteiger partial charge on any atom is -0.222 e. The number of hydrogen-bond donors (Lipinski definition) is 1. The van der Waals surface area contributed by atoms with Crippen molar-refractivity contribution < 1.29 is 4.79 Å². The van der Waals surface area contributed by atoms with Gasteiger partial charge in [-0.2, -0.15) is 5.26 Å². The molecule has 1 N–H and O–H groups in total. The minimum absolute atomic E-state index is 0.744. The van der Waals surface area contributed by atoms with Crippen LogP contribution in [0.1, 0.15) is 5.56 Å². The number of rotatable bonds is 0. The Morgan fingerprint density at radius 1 is 1.07 bits per heavy atom. The third-order valence-electron chi connectivity index (χ3n) is 1.91. The van der Waals surface area contributed by atoms with E-state index in [9.17, 15) is 0 Å². The first-order chi connectivity index (χ1) is 7.33. The van der Waals surface area contributed by atoms with Crippen LogP contribution >= 0.6 is 0 Å². The second-order valence-electron chi connectivity index (χ2n) is 2.74. The normalized spacial score (nSPS) is 8.20. The molecule has 3 nitrogen and oxygen atoms in total. The van der Waals surface area contributed by atoms with E-state index >= 15 is 0 Å². The van der Waals surface area contributed by atoms with Crippen LogP contribution in [0.25, 0.3) is 10.8 Å². The monoisotopic (exact) mass is 196 g/mol. The van der Waals surface area contributed by atoms with Gasteiger partial charge >= 0.3 is 0 Å². The molecule has 2 rings (SSSR count). The van der Waals surface area contributed by atoms with Crippen LogP contribution in [0.15, 0.2) is 42.5 Å². The van der Waals surface area contributed by atoms with Crippen LogP contribution in [0, 0.1) is 16.7 Å². The highest BCUT2D eigenvalue weighted by Crippen LogP contribution is 2.16. The van der Waals surface area contributed by atoms with E-state index in [1.807, 2.05) is 42.5 Å². The summed E-state index contributed by atoms with van der Waals surface area (Å²) in [5.41, 5.74) is 0.744. The van der Waals surface area contributed by atoms with Crippen LogP contribution in [-0.2, 0) is 4.79 Å². The Kier molecular flexibility index (Phi) is 3.79. The van der Waals surface area contributed by atoms with E-state index in [2.05, 4.69) is 6.07 Å². The van der Waals surface area contributed by atoms with Gasteiger partial charge in [-0.1, -0.05) is 36.4 Å². The van der Waals surface area contributed by atoms with Gasteiger partial charge in [0.2, 0.25) is 6.08 Å². The van der Waals surface area contributed by atoms with E-state index in [0.29, 0.717) is 0 Å². The van der Waals surface area contributed by atoms with E-state index in [-0.39, 0.29) is 0 Å². The van der Waals surface area contributed by atoms with E-state index in [1.54, 1.807) is 0 Å². The Morgan fingerprint density at radius 2 is 1.67 bits per heavy atom. The summed E-state index contributed by atoms with van der Waals surface area (Å²) in [5.74, 6) is 0. The summed E-state index contributed by atoms with van der Waals surface area (Å²) in [6.45, 7) is 0. The number of isocyanates is 1. The summed E-state index contributed by atoms with van der Waals surface area (Å²) in [7, 11) is 0. The summed E-state index contributed by atoms with van der Waals surface area (Å²) in [6, 6.07) is 15.8. The van der Waals surface area contributed by atoms with Gasteiger partial charge in [0.1, 0.15) is 0 Å². The van der Waals surface area contributed by atoms with Crippen molar-refractivity contribution in [1.29, 1.82) is 10.7 Å². The fraction of sp³-hybridized carbons (Fsp3) is 0. The zero-order valence-corrected chi connectivity index (χ0v) is 7.90. The van der Waals surface area contributed by atoms with Crippen molar-refractivity contribution in [2.24, 2.45) is 0 Å². The first-order valence-electron chi connectivity index (χ1n) is 4.25. The van der Waals surface area contributed by atoms with Gasteiger partial charge in [0.25, 0.3) is 0 Å². The lowest BCUT2D eigenvalue weighted by Gasteiger charge is -1.97. The molecule has 3 heteroatoms. The van der Waals surface area contributed by atoms with Crippen LogP contribution < -0.4 is 0 Å². The van der Waals surface area contributed by atoms with Crippen LogP contribution in [0.3, 0.4) is 0 Å². The van der Waals surface area contributed by atoms with Gasteiger partial charge in [-0.15, -0.1) is 0 Å². The minimum atomic E-state index is 0.744.